The van der Waals surface area contributed by atoms with E-state index < -0.39 is 0 Å². The molecular weight excluding hydrogens is 274 g/mol. The van der Waals surface area contributed by atoms with Crippen LogP contribution in [0.15, 0.2) is 6.07 Å². The molecule has 0 aromatic carbocycles. The average molecular weight is 299 g/mol. The number of nitrogens with one attached hydrogen (secondary N) is 1. The second-order valence-electron chi connectivity index (χ2n) is 5.43. The van der Waals surface area contributed by atoms with Gasteiger partial charge in [-0.3, -0.25) is 14.3 Å². The third kappa shape index (κ3) is 9.61. The van der Waals surface area contributed by atoms with Crippen LogP contribution in [0.25, 0.3) is 0 Å². The molecule has 0 aliphatic carbocycles. The predicted molar refractivity (Wildman–Crippen MR) is 78.9 cm³/mol. The maximum atomic E-state index is 10.1. The van der Waals surface area contributed by atoms with Crippen LogP contribution < -0.4 is 5.32 Å². The minimum atomic E-state index is -0.250. The number of ether oxygens (including phenoxy) is 1. The molecule has 0 spiro atoms. The van der Waals surface area contributed by atoms with Gasteiger partial charge in [-0.05, 0) is 40.2 Å². The van der Waals surface area contributed by atoms with Gasteiger partial charge in [0.1, 0.15) is 0 Å². The molecule has 0 atom stereocenters. The highest BCUT2D eigenvalue weighted by atomic mass is 16.5. The maximum Gasteiger partial charge on any atom is 0.290 e. The first-order valence-corrected chi connectivity index (χ1v) is 6.76. The van der Waals surface area contributed by atoms with Crippen molar-refractivity contribution in [2.75, 3.05) is 6.54 Å². The summed E-state index contributed by atoms with van der Waals surface area (Å²) < 4.78 is 7.72. The number of carbonyl (C=O) groups is 2. The van der Waals surface area contributed by atoms with Gasteiger partial charge in [0.05, 0.1) is 23.6 Å². The summed E-state index contributed by atoms with van der Waals surface area (Å²) in [5.41, 5.74) is 1.92. The fraction of sp³-hybridized carbons (Fsp3) is 0.643. The maximum absolute atomic E-state index is 10.1. The SMILES string of the molecule is Cc1cc(COC(C)(C)C)n(CCCNC=O)n1.O=CO. The van der Waals surface area contributed by atoms with Crippen molar-refractivity contribution < 1.29 is 19.4 Å². The molecule has 0 bridgehead atoms. The van der Waals surface area contributed by atoms with E-state index >= 15 is 0 Å². The molecule has 1 heterocycles. The van der Waals surface area contributed by atoms with Crippen LogP contribution in [-0.2, 0) is 27.5 Å². The molecule has 0 aliphatic rings. The zero-order chi connectivity index (χ0) is 16.3. The van der Waals surface area contributed by atoms with Crippen molar-refractivity contribution in [1.82, 2.24) is 15.1 Å². The lowest BCUT2D eigenvalue weighted by Gasteiger charge is -2.19. The minimum absolute atomic E-state index is 0.151. The Balaban J connectivity index is 0.00000122. The van der Waals surface area contributed by atoms with Crippen molar-refractivity contribution >= 4 is 12.9 Å². The van der Waals surface area contributed by atoms with E-state index in [2.05, 4.69) is 10.4 Å². The largest absolute Gasteiger partial charge is 0.483 e. The summed E-state index contributed by atoms with van der Waals surface area (Å²) in [6, 6.07) is 2.04. The first kappa shape index (κ1) is 19.1. The number of aryl methyl sites for hydroxylation is 2. The second-order valence-corrected chi connectivity index (χ2v) is 5.43. The van der Waals surface area contributed by atoms with Gasteiger partial charge in [0, 0.05) is 13.1 Å². The van der Waals surface area contributed by atoms with Crippen molar-refractivity contribution in [3.05, 3.63) is 17.5 Å². The number of amides is 1. The quantitative estimate of drug-likeness (QED) is 0.585. The molecular formula is C14H25N3O4. The number of aromatic nitrogens is 2. The second kappa shape index (κ2) is 9.93. The molecule has 1 amide bonds. The summed E-state index contributed by atoms with van der Waals surface area (Å²) >= 11 is 0. The van der Waals surface area contributed by atoms with Crippen LogP contribution in [0.1, 0.15) is 38.6 Å². The van der Waals surface area contributed by atoms with E-state index in [1.807, 2.05) is 38.4 Å². The first-order valence-electron chi connectivity index (χ1n) is 6.76. The summed E-state index contributed by atoms with van der Waals surface area (Å²) in [6.07, 6.45) is 1.58. The van der Waals surface area contributed by atoms with E-state index in [9.17, 15) is 4.79 Å². The lowest BCUT2D eigenvalue weighted by molar-refractivity contribution is -0.122. The van der Waals surface area contributed by atoms with E-state index in [0.29, 0.717) is 13.2 Å². The summed E-state index contributed by atoms with van der Waals surface area (Å²) in [6.45, 7) is 9.85. The zero-order valence-corrected chi connectivity index (χ0v) is 13.1. The number of carbonyl (C=O) groups excluding carboxylic acids is 1. The van der Waals surface area contributed by atoms with Gasteiger partial charge in [-0.1, -0.05) is 0 Å². The molecule has 0 unspecified atom stereocenters. The lowest BCUT2D eigenvalue weighted by Crippen LogP contribution is -2.20. The summed E-state index contributed by atoms with van der Waals surface area (Å²) in [5, 5.41) is 14.0. The average Bonchev–Trinajstić information content (AvgIpc) is 2.73. The first-order chi connectivity index (χ1) is 9.84. The van der Waals surface area contributed by atoms with Crippen molar-refractivity contribution in [1.29, 1.82) is 0 Å². The molecule has 1 aromatic heterocycles. The van der Waals surface area contributed by atoms with Crippen LogP contribution in [0.5, 0.6) is 0 Å². The van der Waals surface area contributed by atoms with Crippen LogP contribution in [0, 0.1) is 6.92 Å². The van der Waals surface area contributed by atoms with Gasteiger partial charge in [-0.25, -0.2) is 0 Å². The Morgan fingerprint density at radius 2 is 2.05 bits per heavy atom. The highest BCUT2D eigenvalue weighted by molar-refractivity contribution is 5.45. The molecule has 0 aliphatic heterocycles. The summed E-state index contributed by atoms with van der Waals surface area (Å²) in [7, 11) is 0. The Kier molecular flexibility index (Phi) is 9.03. The highest BCUT2D eigenvalue weighted by Crippen LogP contribution is 2.13. The molecule has 0 fully saturated rings. The lowest BCUT2D eigenvalue weighted by atomic mass is 10.2. The van der Waals surface area contributed by atoms with Crippen LogP contribution >= 0.6 is 0 Å². The zero-order valence-electron chi connectivity index (χ0n) is 13.1. The smallest absolute Gasteiger partial charge is 0.290 e. The molecule has 0 saturated heterocycles. The molecule has 1 rings (SSSR count). The predicted octanol–water partition coefficient (Wildman–Crippen LogP) is 1.34. The molecule has 7 heteroatoms. The fourth-order valence-electron chi connectivity index (χ4n) is 1.59. The van der Waals surface area contributed by atoms with Gasteiger partial charge in [0.25, 0.3) is 6.47 Å². The third-order valence-electron chi connectivity index (χ3n) is 2.41. The highest BCUT2D eigenvalue weighted by Gasteiger charge is 2.13. The normalized spacial score (nSPS) is 10.5. The topological polar surface area (TPSA) is 93.5 Å². The van der Waals surface area contributed by atoms with Gasteiger partial charge < -0.3 is 15.2 Å². The number of carboxylic acid groups (broad SMARTS) is 1. The molecule has 21 heavy (non-hydrogen) atoms. The Morgan fingerprint density at radius 1 is 1.43 bits per heavy atom. The van der Waals surface area contributed by atoms with E-state index in [4.69, 9.17) is 14.6 Å². The number of hydrogen-bond acceptors (Lipinski definition) is 4. The van der Waals surface area contributed by atoms with Crippen LogP contribution in [0.4, 0.5) is 0 Å². The number of hydrogen-bond donors (Lipinski definition) is 2. The molecule has 0 radical (unpaired) electrons. The molecule has 0 saturated carbocycles. The van der Waals surface area contributed by atoms with E-state index in [0.717, 1.165) is 30.8 Å². The molecule has 120 valence electrons. The van der Waals surface area contributed by atoms with Crippen molar-refractivity contribution in [2.24, 2.45) is 0 Å². The summed E-state index contributed by atoms with van der Waals surface area (Å²) in [5.74, 6) is 0. The van der Waals surface area contributed by atoms with Crippen LogP contribution in [-0.4, -0.2) is 39.9 Å². The minimum Gasteiger partial charge on any atom is -0.483 e. The van der Waals surface area contributed by atoms with Crippen LogP contribution in [0.3, 0.4) is 0 Å². The van der Waals surface area contributed by atoms with E-state index in [1.165, 1.54) is 0 Å². The van der Waals surface area contributed by atoms with Gasteiger partial charge in [0.2, 0.25) is 6.41 Å². The number of rotatable bonds is 7. The van der Waals surface area contributed by atoms with Gasteiger partial charge in [-0.2, -0.15) is 5.10 Å². The molecule has 2 N–H and O–H groups in total. The standard InChI is InChI=1S/C13H23N3O2.CH2O2/c1-11-8-12(9-18-13(2,3)4)16(15-11)7-5-6-14-10-17;2-1-3/h8,10H,5-7,9H2,1-4H3,(H,14,17);1H,(H,2,3). The van der Waals surface area contributed by atoms with Gasteiger partial charge in [0.15, 0.2) is 0 Å². The third-order valence-corrected chi connectivity index (χ3v) is 2.41. The molecule has 7 nitrogen and oxygen atoms in total. The Hall–Kier alpha value is -1.89. The Labute approximate surface area is 125 Å². The van der Waals surface area contributed by atoms with E-state index in [1.54, 1.807) is 0 Å². The molecule has 1 aromatic rings. The monoisotopic (exact) mass is 299 g/mol. The summed E-state index contributed by atoms with van der Waals surface area (Å²) in [4.78, 5) is 18.5. The Bertz CT molecular complexity index is 424. The van der Waals surface area contributed by atoms with E-state index in [-0.39, 0.29) is 12.1 Å². The van der Waals surface area contributed by atoms with Crippen molar-refractivity contribution in [3.63, 3.8) is 0 Å². The van der Waals surface area contributed by atoms with Crippen molar-refractivity contribution in [2.45, 2.75) is 52.9 Å². The van der Waals surface area contributed by atoms with Gasteiger partial charge in [-0.15, -0.1) is 0 Å². The van der Waals surface area contributed by atoms with Crippen molar-refractivity contribution in [3.8, 4) is 0 Å². The van der Waals surface area contributed by atoms with Crippen LogP contribution in [0.2, 0.25) is 0 Å². The van der Waals surface area contributed by atoms with Gasteiger partial charge >= 0.3 is 0 Å². The Morgan fingerprint density at radius 3 is 2.57 bits per heavy atom. The fourth-order valence-corrected chi connectivity index (χ4v) is 1.59. The number of nitrogens with zero attached hydrogens (tertiary/aromatic N) is 2.